The van der Waals surface area contributed by atoms with Crippen molar-refractivity contribution in [2.24, 2.45) is 17.3 Å². The first-order chi connectivity index (χ1) is 11.8. The molecule has 0 aromatic heterocycles. The van der Waals surface area contributed by atoms with Crippen LogP contribution in [0.25, 0.3) is 0 Å². The number of hydrogen-bond donors (Lipinski definition) is 1. The highest BCUT2D eigenvalue weighted by molar-refractivity contribution is 6.02. The number of carbonyl (C=O) groups is 3. The normalized spacial score (nSPS) is 27.3. The zero-order valence-corrected chi connectivity index (χ0v) is 17.1. The molecule has 3 atom stereocenters. The van der Waals surface area contributed by atoms with Crippen molar-refractivity contribution in [2.75, 3.05) is 26.2 Å². The van der Waals surface area contributed by atoms with Gasteiger partial charge in [0, 0.05) is 38.1 Å². The lowest BCUT2D eigenvalue weighted by Crippen LogP contribution is -2.58. The van der Waals surface area contributed by atoms with E-state index in [2.05, 4.69) is 26.1 Å². The fourth-order valence-electron chi connectivity index (χ4n) is 3.67. The van der Waals surface area contributed by atoms with Crippen LogP contribution in [0, 0.1) is 17.3 Å². The minimum absolute atomic E-state index is 0.0291. The maximum atomic E-state index is 13.1. The third-order valence-electron chi connectivity index (χ3n) is 5.12. The first-order valence-corrected chi connectivity index (χ1v) is 9.37. The molecule has 1 N–H and O–H groups in total. The average molecular weight is 367 g/mol. The smallest absolute Gasteiger partial charge is 0.410 e. The molecule has 0 bridgehead atoms. The monoisotopic (exact) mass is 367 g/mol. The Morgan fingerprint density at radius 1 is 1.12 bits per heavy atom. The summed E-state index contributed by atoms with van der Waals surface area (Å²) in [6, 6.07) is -0.155. The van der Waals surface area contributed by atoms with Gasteiger partial charge >= 0.3 is 6.09 Å². The summed E-state index contributed by atoms with van der Waals surface area (Å²) in [5, 5.41) is 2.84. The Kier molecular flexibility index (Phi) is 5.59. The van der Waals surface area contributed by atoms with Crippen LogP contribution < -0.4 is 5.32 Å². The van der Waals surface area contributed by atoms with E-state index in [4.69, 9.17) is 4.74 Å². The molecule has 2 saturated heterocycles. The van der Waals surface area contributed by atoms with E-state index in [1.807, 2.05) is 27.7 Å². The van der Waals surface area contributed by atoms with Crippen LogP contribution in [0.4, 0.5) is 4.79 Å². The summed E-state index contributed by atoms with van der Waals surface area (Å²) >= 11 is 0. The molecule has 0 spiro atoms. The number of rotatable bonds is 1. The number of ether oxygens (including phenoxy) is 1. The molecular formula is C19H33N3O4. The minimum atomic E-state index is -0.648. The largest absolute Gasteiger partial charge is 0.444 e. The molecule has 2 aliphatic rings. The van der Waals surface area contributed by atoms with Gasteiger partial charge in [0.2, 0.25) is 11.8 Å². The summed E-state index contributed by atoms with van der Waals surface area (Å²) in [4.78, 5) is 41.1. The van der Waals surface area contributed by atoms with Crippen molar-refractivity contribution >= 4 is 17.9 Å². The summed E-state index contributed by atoms with van der Waals surface area (Å²) in [5.74, 6) is -0.989. The number of carbonyl (C=O) groups excluding carboxylic acids is 3. The molecule has 0 aromatic rings. The number of nitrogens with zero attached hydrogens (tertiary/aromatic N) is 2. The van der Waals surface area contributed by atoms with E-state index >= 15 is 0 Å². The van der Waals surface area contributed by atoms with Crippen LogP contribution in [0.15, 0.2) is 0 Å². The lowest BCUT2D eigenvalue weighted by Gasteiger charge is -2.42. The molecule has 0 unspecified atom stereocenters. The molecule has 2 fully saturated rings. The first-order valence-electron chi connectivity index (χ1n) is 9.37. The lowest BCUT2D eigenvalue weighted by atomic mass is 9.74. The summed E-state index contributed by atoms with van der Waals surface area (Å²) in [6.07, 6.45) is -0.359. The van der Waals surface area contributed by atoms with Gasteiger partial charge in [0.05, 0.1) is 0 Å². The highest BCUT2D eigenvalue weighted by Crippen LogP contribution is 2.36. The van der Waals surface area contributed by atoms with Gasteiger partial charge in [-0.05, 0) is 33.1 Å². The third-order valence-corrected chi connectivity index (χ3v) is 5.12. The second kappa shape index (κ2) is 7.08. The Morgan fingerprint density at radius 2 is 1.73 bits per heavy atom. The number of nitrogens with one attached hydrogen (secondary N) is 1. The quantitative estimate of drug-likeness (QED) is 0.718. The number of hydrogen-bond acceptors (Lipinski definition) is 4. The molecule has 0 radical (unpaired) electrons. The van der Waals surface area contributed by atoms with Crippen molar-refractivity contribution in [3.05, 3.63) is 0 Å². The Morgan fingerprint density at radius 3 is 2.23 bits per heavy atom. The van der Waals surface area contributed by atoms with Crippen LogP contribution in [0.2, 0.25) is 0 Å². The Hall–Kier alpha value is -1.79. The van der Waals surface area contributed by atoms with E-state index in [0.717, 1.165) is 0 Å². The van der Waals surface area contributed by atoms with Gasteiger partial charge in [-0.15, -0.1) is 0 Å². The predicted molar refractivity (Wildman–Crippen MR) is 98.4 cm³/mol. The highest BCUT2D eigenvalue weighted by atomic mass is 16.6. The molecule has 0 aromatic carbocycles. The van der Waals surface area contributed by atoms with Gasteiger partial charge in [-0.25, -0.2) is 4.79 Å². The van der Waals surface area contributed by atoms with Gasteiger partial charge in [-0.2, -0.15) is 0 Å². The van der Waals surface area contributed by atoms with Crippen LogP contribution in [0.5, 0.6) is 0 Å². The fraction of sp³-hybridized carbons (Fsp3) is 0.842. The predicted octanol–water partition coefficient (Wildman–Crippen LogP) is 1.86. The van der Waals surface area contributed by atoms with Crippen molar-refractivity contribution in [3.8, 4) is 0 Å². The topological polar surface area (TPSA) is 79.0 Å². The zero-order chi connectivity index (χ0) is 19.9. The van der Waals surface area contributed by atoms with Gasteiger partial charge in [0.1, 0.15) is 11.5 Å². The lowest BCUT2D eigenvalue weighted by molar-refractivity contribution is -0.146. The fourth-order valence-corrected chi connectivity index (χ4v) is 3.67. The van der Waals surface area contributed by atoms with Crippen molar-refractivity contribution in [3.63, 3.8) is 0 Å². The summed E-state index contributed by atoms with van der Waals surface area (Å²) in [7, 11) is 0. The Labute approximate surface area is 156 Å². The third kappa shape index (κ3) is 4.48. The highest BCUT2D eigenvalue weighted by Gasteiger charge is 2.48. The molecule has 2 heterocycles. The molecule has 0 saturated carbocycles. The molecule has 2 aliphatic heterocycles. The van der Waals surface area contributed by atoms with E-state index in [-0.39, 0.29) is 35.3 Å². The number of amides is 3. The van der Waals surface area contributed by atoms with Crippen LogP contribution in [-0.2, 0) is 14.3 Å². The Balaban J connectivity index is 2.06. The van der Waals surface area contributed by atoms with Gasteiger partial charge in [0.25, 0.3) is 0 Å². The molecule has 2 rings (SSSR count). The van der Waals surface area contributed by atoms with Gasteiger partial charge < -0.3 is 19.9 Å². The van der Waals surface area contributed by atoms with E-state index in [1.54, 1.807) is 9.80 Å². The molecule has 7 nitrogen and oxygen atoms in total. The van der Waals surface area contributed by atoms with Crippen molar-refractivity contribution in [1.29, 1.82) is 0 Å². The average Bonchev–Trinajstić information content (AvgIpc) is 2.86. The maximum Gasteiger partial charge on any atom is 0.410 e. The molecule has 3 amide bonds. The zero-order valence-electron chi connectivity index (χ0n) is 17.1. The maximum absolute atomic E-state index is 13.1. The van der Waals surface area contributed by atoms with Crippen LogP contribution in [0.1, 0.15) is 48.5 Å². The molecular weight excluding hydrogens is 334 g/mol. The van der Waals surface area contributed by atoms with E-state index < -0.39 is 11.5 Å². The SMILES string of the molecule is C[C@@H]1CN(C(=O)OC(C)(C)C)CCN1C(=O)[C@@H]1C(=O)NC[C@@H]1C(C)(C)C. The molecule has 0 aliphatic carbocycles. The summed E-state index contributed by atoms with van der Waals surface area (Å²) in [6.45, 7) is 15.4. The van der Waals surface area contributed by atoms with Gasteiger partial charge in [0.15, 0.2) is 0 Å². The molecule has 148 valence electrons. The van der Waals surface area contributed by atoms with Crippen molar-refractivity contribution < 1.29 is 19.1 Å². The van der Waals surface area contributed by atoms with E-state index in [9.17, 15) is 14.4 Å². The van der Waals surface area contributed by atoms with Crippen LogP contribution in [-0.4, -0.2) is 65.5 Å². The van der Waals surface area contributed by atoms with Gasteiger partial charge in [-0.3, -0.25) is 9.59 Å². The first kappa shape index (κ1) is 20.5. The second-order valence-electron chi connectivity index (χ2n) is 9.50. The van der Waals surface area contributed by atoms with Crippen LogP contribution in [0.3, 0.4) is 0 Å². The minimum Gasteiger partial charge on any atom is -0.444 e. The second-order valence-corrected chi connectivity index (χ2v) is 9.50. The van der Waals surface area contributed by atoms with Crippen molar-refractivity contribution in [2.45, 2.75) is 60.1 Å². The van der Waals surface area contributed by atoms with Gasteiger partial charge in [-0.1, -0.05) is 20.8 Å². The molecule has 26 heavy (non-hydrogen) atoms. The molecule has 7 heteroatoms. The van der Waals surface area contributed by atoms with Crippen molar-refractivity contribution in [1.82, 2.24) is 15.1 Å². The van der Waals surface area contributed by atoms with Crippen LogP contribution >= 0.6 is 0 Å². The summed E-state index contributed by atoms with van der Waals surface area (Å²) in [5.41, 5.74) is -0.684. The van der Waals surface area contributed by atoms with E-state index in [1.165, 1.54) is 0 Å². The van der Waals surface area contributed by atoms with E-state index in [0.29, 0.717) is 26.2 Å². The summed E-state index contributed by atoms with van der Waals surface area (Å²) < 4.78 is 5.42. The number of piperazine rings is 1. The Bertz CT molecular complexity index is 576. The standard InChI is InChI=1S/C19H33N3O4/c1-12-11-21(17(25)26-19(5,6)7)8-9-22(12)16(24)14-13(18(2,3)4)10-20-15(14)23/h12-14H,8-11H2,1-7H3,(H,20,23)/t12-,13+,14+/m1/s1.